The zero-order chi connectivity index (χ0) is 16.3. The van der Waals surface area contributed by atoms with Crippen LogP contribution in [0.5, 0.6) is 0 Å². The first-order valence-corrected chi connectivity index (χ1v) is 7.76. The molecule has 1 amide bonds. The van der Waals surface area contributed by atoms with Gasteiger partial charge in [-0.3, -0.25) is 4.79 Å². The van der Waals surface area contributed by atoms with Crippen molar-refractivity contribution in [1.29, 1.82) is 0 Å². The van der Waals surface area contributed by atoms with Crippen molar-refractivity contribution in [3.05, 3.63) is 35.4 Å². The molecule has 0 saturated heterocycles. The number of carbonyl (C=O) groups excluding carboxylic acids is 1. The van der Waals surface area contributed by atoms with Crippen LogP contribution in [-0.2, 0) is 11.2 Å². The molecule has 1 aliphatic carbocycles. The summed E-state index contributed by atoms with van der Waals surface area (Å²) in [6.07, 6.45) is 4.48. The van der Waals surface area contributed by atoms with Gasteiger partial charge in [0.15, 0.2) is 11.6 Å². The normalized spacial score (nSPS) is 21.9. The van der Waals surface area contributed by atoms with Crippen LogP contribution < -0.4 is 0 Å². The summed E-state index contributed by atoms with van der Waals surface area (Å²) in [6, 6.07) is 4.18. The summed E-state index contributed by atoms with van der Waals surface area (Å²) in [7, 11) is 5.89. The maximum atomic E-state index is 13.2. The molecule has 0 heterocycles. The Balaban J connectivity index is 2.05. The van der Waals surface area contributed by atoms with E-state index in [-0.39, 0.29) is 18.4 Å². The van der Waals surface area contributed by atoms with Crippen molar-refractivity contribution in [3.8, 4) is 0 Å². The monoisotopic (exact) mass is 310 g/mol. The van der Waals surface area contributed by atoms with Gasteiger partial charge in [0.2, 0.25) is 5.91 Å². The van der Waals surface area contributed by atoms with Crippen molar-refractivity contribution < 1.29 is 13.6 Å². The molecule has 1 aliphatic rings. The van der Waals surface area contributed by atoms with E-state index in [9.17, 15) is 13.6 Å². The quantitative estimate of drug-likeness (QED) is 0.854. The van der Waals surface area contributed by atoms with Gasteiger partial charge in [-0.15, -0.1) is 0 Å². The van der Waals surface area contributed by atoms with Gasteiger partial charge >= 0.3 is 0 Å². The summed E-state index contributed by atoms with van der Waals surface area (Å²) in [5.41, 5.74) is 0.507. The highest BCUT2D eigenvalue weighted by atomic mass is 19.2. The highest BCUT2D eigenvalue weighted by molar-refractivity contribution is 5.78. The van der Waals surface area contributed by atoms with Gasteiger partial charge in [0, 0.05) is 19.1 Å². The fraction of sp³-hybridized carbons (Fsp3) is 0.588. The topological polar surface area (TPSA) is 23.6 Å². The van der Waals surface area contributed by atoms with Crippen LogP contribution >= 0.6 is 0 Å². The minimum atomic E-state index is -0.906. The highest BCUT2D eigenvalue weighted by Crippen LogP contribution is 2.26. The van der Waals surface area contributed by atoms with Gasteiger partial charge in [-0.1, -0.05) is 18.9 Å². The van der Waals surface area contributed by atoms with E-state index >= 15 is 0 Å². The van der Waals surface area contributed by atoms with Gasteiger partial charge in [-0.25, -0.2) is 8.78 Å². The van der Waals surface area contributed by atoms with Crippen molar-refractivity contribution >= 4 is 5.91 Å². The van der Waals surface area contributed by atoms with Gasteiger partial charge in [-0.2, -0.15) is 0 Å². The number of halogens is 2. The molecule has 0 radical (unpaired) electrons. The molecular formula is C17H24F2N2O. The van der Waals surface area contributed by atoms with Gasteiger partial charge < -0.3 is 9.80 Å². The summed E-state index contributed by atoms with van der Waals surface area (Å²) in [4.78, 5) is 16.4. The van der Waals surface area contributed by atoms with Crippen molar-refractivity contribution in [3.63, 3.8) is 0 Å². The number of nitrogens with zero attached hydrogens (tertiary/aromatic N) is 2. The van der Waals surface area contributed by atoms with Crippen LogP contribution in [0.15, 0.2) is 18.2 Å². The maximum Gasteiger partial charge on any atom is 0.227 e. The Morgan fingerprint density at radius 1 is 1.09 bits per heavy atom. The molecule has 0 aliphatic heterocycles. The smallest absolute Gasteiger partial charge is 0.227 e. The summed E-state index contributed by atoms with van der Waals surface area (Å²) in [5, 5.41) is 0. The van der Waals surface area contributed by atoms with E-state index < -0.39 is 11.6 Å². The molecule has 3 nitrogen and oxygen atoms in total. The number of rotatable bonds is 4. The number of benzene rings is 1. The third-order valence-corrected chi connectivity index (χ3v) is 4.59. The molecule has 1 fully saturated rings. The van der Waals surface area contributed by atoms with Crippen molar-refractivity contribution in [2.24, 2.45) is 0 Å². The third-order valence-electron chi connectivity index (χ3n) is 4.59. The number of likely N-dealkylation sites (N-methyl/N-ethyl adjacent to an activating group) is 2. The minimum Gasteiger partial charge on any atom is -0.341 e. The van der Waals surface area contributed by atoms with E-state index in [2.05, 4.69) is 4.90 Å². The van der Waals surface area contributed by atoms with E-state index in [4.69, 9.17) is 0 Å². The first-order chi connectivity index (χ1) is 10.4. The second-order valence-corrected chi connectivity index (χ2v) is 6.31. The average Bonchev–Trinajstić information content (AvgIpc) is 2.50. The van der Waals surface area contributed by atoms with Gasteiger partial charge in [0.25, 0.3) is 0 Å². The van der Waals surface area contributed by atoms with Crippen molar-refractivity contribution in [2.75, 3.05) is 21.1 Å². The van der Waals surface area contributed by atoms with Crippen LogP contribution in [0.3, 0.4) is 0 Å². The van der Waals surface area contributed by atoms with Crippen LogP contribution in [0.4, 0.5) is 8.78 Å². The lowest BCUT2D eigenvalue weighted by atomic mass is 9.88. The lowest BCUT2D eigenvalue weighted by molar-refractivity contribution is -0.133. The molecule has 1 aromatic rings. The molecule has 0 N–H and O–H groups in total. The molecule has 0 spiro atoms. The number of amides is 1. The number of carbonyl (C=O) groups is 1. The van der Waals surface area contributed by atoms with Crippen LogP contribution in [0, 0.1) is 11.6 Å². The van der Waals surface area contributed by atoms with E-state index in [0.717, 1.165) is 31.4 Å². The highest BCUT2D eigenvalue weighted by Gasteiger charge is 2.31. The Bertz CT molecular complexity index is 533. The first-order valence-electron chi connectivity index (χ1n) is 7.76. The van der Waals surface area contributed by atoms with Gasteiger partial charge in [-0.05, 0) is 44.6 Å². The predicted octanol–water partition coefficient (Wildman–Crippen LogP) is 2.84. The molecule has 2 unspecified atom stereocenters. The summed E-state index contributed by atoms with van der Waals surface area (Å²) in [6.45, 7) is 0. The Morgan fingerprint density at radius 2 is 1.73 bits per heavy atom. The van der Waals surface area contributed by atoms with Gasteiger partial charge in [0.1, 0.15) is 0 Å². The average molecular weight is 310 g/mol. The molecular weight excluding hydrogens is 286 g/mol. The SMILES string of the molecule is CN(C)C1CCCCC1N(C)C(=O)Cc1ccc(F)c(F)c1. The maximum absolute atomic E-state index is 13.2. The third kappa shape index (κ3) is 3.83. The summed E-state index contributed by atoms with van der Waals surface area (Å²) < 4.78 is 26.2. The minimum absolute atomic E-state index is 0.0511. The molecule has 2 rings (SSSR count). The molecule has 1 aromatic carbocycles. The van der Waals surface area contributed by atoms with Crippen LogP contribution in [-0.4, -0.2) is 48.9 Å². The second kappa shape index (κ2) is 7.18. The summed E-state index contributed by atoms with van der Waals surface area (Å²) >= 11 is 0. The summed E-state index contributed by atoms with van der Waals surface area (Å²) in [5.74, 6) is -1.84. The predicted molar refractivity (Wildman–Crippen MR) is 82.6 cm³/mol. The largest absolute Gasteiger partial charge is 0.341 e. The second-order valence-electron chi connectivity index (χ2n) is 6.31. The molecule has 0 aromatic heterocycles. The van der Waals surface area contributed by atoms with Crippen molar-refractivity contribution in [1.82, 2.24) is 9.80 Å². The first kappa shape index (κ1) is 16.9. The van der Waals surface area contributed by atoms with E-state index in [1.165, 1.54) is 12.5 Å². The van der Waals surface area contributed by atoms with Crippen LogP contribution in [0.25, 0.3) is 0 Å². The van der Waals surface area contributed by atoms with E-state index in [1.54, 1.807) is 4.90 Å². The lowest BCUT2D eigenvalue weighted by Gasteiger charge is -2.41. The molecule has 22 heavy (non-hydrogen) atoms. The fourth-order valence-corrected chi connectivity index (χ4v) is 3.28. The van der Waals surface area contributed by atoms with Crippen molar-refractivity contribution in [2.45, 2.75) is 44.2 Å². The zero-order valence-corrected chi connectivity index (χ0v) is 13.5. The molecule has 1 saturated carbocycles. The number of hydrogen-bond donors (Lipinski definition) is 0. The number of hydrogen-bond acceptors (Lipinski definition) is 2. The lowest BCUT2D eigenvalue weighted by Crippen LogP contribution is -2.52. The standard InChI is InChI=1S/C17H24F2N2O/c1-20(2)15-6-4-5-7-16(15)21(3)17(22)11-12-8-9-13(18)14(19)10-12/h8-10,15-16H,4-7,11H2,1-3H3. The fourth-order valence-electron chi connectivity index (χ4n) is 3.28. The Morgan fingerprint density at radius 3 is 2.32 bits per heavy atom. The molecule has 5 heteroatoms. The van der Waals surface area contributed by atoms with E-state index in [0.29, 0.717) is 11.6 Å². The van der Waals surface area contributed by atoms with E-state index in [1.807, 2.05) is 21.1 Å². The Kier molecular flexibility index (Phi) is 5.51. The Hall–Kier alpha value is -1.49. The molecule has 2 atom stereocenters. The van der Waals surface area contributed by atoms with Crippen LogP contribution in [0.1, 0.15) is 31.2 Å². The molecule has 0 bridgehead atoms. The van der Waals surface area contributed by atoms with Crippen LogP contribution in [0.2, 0.25) is 0 Å². The van der Waals surface area contributed by atoms with Gasteiger partial charge in [0.05, 0.1) is 6.42 Å². The Labute approximate surface area is 130 Å². The molecule has 122 valence electrons. The zero-order valence-electron chi connectivity index (χ0n) is 13.5.